The highest BCUT2D eigenvalue weighted by Crippen LogP contribution is 2.22. The maximum absolute atomic E-state index is 9.44. The zero-order valence-electron chi connectivity index (χ0n) is 10.5. The predicted octanol–water partition coefficient (Wildman–Crippen LogP) is 2.21. The number of nitrogen functional groups attached to an aromatic ring is 1. The zero-order valence-corrected chi connectivity index (χ0v) is 11.3. The van der Waals surface area contributed by atoms with Crippen molar-refractivity contribution < 1.29 is 5.11 Å². The van der Waals surface area contributed by atoms with E-state index in [1.165, 1.54) is 0 Å². The third kappa shape index (κ3) is 2.91. The van der Waals surface area contributed by atoms with Crippen molar-refractivity contribution in [2.45, 2.75) is 31.0 Å². The third-order valence-electron chi connectivity index (χ3n) is 2.83. The van der Waals surface area contributed by atoms with Gasteiger partial charge in [0.2, 0.25) is 0 Å². The van der Waals surface area contributed by atoms with Gasteiger partial charge in [0.1, 0.15) is 11.6 Å². The van der Waals surface area contributed by atoms with Crippen molar-refractivity contribution in [3.63, 3.8) is 0 Å². The number of rotatable bonds is 4. The molecule has 5 heteroatoms. The van der Waals surface area contributed by atoms with E-state index in [4.69, 9.17) is 5.73 Å². The number of benzene rings is 1. The Kier molecular flexibility index (Phi) is 4.04. The molecule has 4 nitrogen and oxygen atoms in total. The molecule has 0 aliphatic rings. The summed E-state index contributed by atoms with van der Waals surface area (Å²) in [5.74, 6) is 1.88. The minimum atomic E-state index is -0.340. The van der Waals surface area contributed by atoms with Crippen LogP contribution in [0.4, 0.5) is 5.82 Å². The fraction of sp³-hybridized carbons (Fsp3) is 0.385. The topological polar surface area (TPSA) is 72.0 Å². The van der Waals surface area contributed by atoms with Crippen LogP contribution in [0.5, 0.6) is 0 Å². The lowest BCUT2D eigenvalue weighted by atomic mass is 10.2. The number of aliphatic hydroxyl groups excluding tert-OH is 1. The van der Waals surface area contributed by atoms with Gasteiger partial charge in [0, 0.05) is 10.6 Å². The Hall–Kier alpha value is -1.33. The van der Waals surface area contributed by atoms with Crippen LogP contribution in [0.1, 0.15) is 19.7 Å². The van der Waals surface area contributed by atoms with Crippen LogP contribution in [-0.4, -0.2) is 26.4 Å². The molecule has 0 spiro atoms. The van der Waals surface area contributed by atoms with Crippen molar-refractivity contribution in [3.05, 3.63) is 30.1 Å². The lowest BCUT2D eigenvalue weighted by Crippen LogP contribution is -2.15. The van der Waals surface area contributed by atoms with Crippen LogP contribution in [0.25, 0.3) is 10.9 Å². The minimum absolute atomic E-state index is 0.154. The number of nitrogens with zero attached hydrogens (tertiary/aromatic N) is 2. The highest BCUT2D eigenvalue weighted by atomic mass is 32.2. The van der Waals surface area contributed by atoms with Crippen LogP contribution in [0, 0.1) is 0 Å². The lowest BCUT2D eigenvalue weighted by Gasteiger charge is -2.13. The van der Waals surface area contributed by atoms with Crippen LogP contribution in [0.3, 0.4) is 0 Å². The van der Waals surface area contributed by atoms with Crippen LogP contribution in [-0.2, 0) is 5.75 Å². The smallest absolute Gasteiger partial charge is 0.141 e. The first kappa shape index (κ1) is 13.1. The molecule has 0 saturated carbocycles. The van der Waals surface area contributed by atoms with Crippen molar-refractivity contribution >= 4 is 28.5 Å². The number of aliphatic hydroxyl groups is 1. The van der Waals surface area contributed by atoms with Crippen molar-refractivity contribution in [1.29, 1.82) is 0 Å². The second-order valence-electron chi connectivity index (χ2n) is 4.30. The normalized spacial score (nSPS) is 14.6. The van der Waals surface area contributed by atoms with E-state index in [1.54, 1.807) is 18.7 Å². The monoisotopic (exact) mass is 263 g/mol. The Morgan fingerprint density at radius 1 is 1.28 bits per heavy atom. The molecule has 96 valence electrons. The van der Waals surface area contributed by atoms with Gasteiger partial charge in [0.15, 0.2) is 0 Å². The van der Waals surface area contributed by atoms with E-state index in [0.29, 0.717) is 17.4 Å². The van der Waals surface area contributed by atoms with Crippen LogP contribution in [0.2, 0.25) is 0 Å². The number of hydrogen-bond acceptors (Lipinski definition) is 5. The van der Waals surface area contributed by atoms with Crippen molar-refractivity contribution in [2.75, 3.05) is 5.73 Å². The molecule has 0 aliphatic carbocycles. The summed E-state index contributed by atoms with van der Waals surface area (Å²) in [5.41, 5.74) is 6.78. The molecule has 1 heterocycles. The van der Waals surface area contributed by atoms with E-state index >= 15 is 0 Å². The quantitative estimate of drug-likeness (QED) is 0.885. The molecule has 0 radical (unpaired) electrons. The first-order valence-corrected chi connectivity index (χ1v) is 6.93. The fourth-order valence-corrected chi connectivity index (χ4v) is 2.38. The number of anilines is 1. The average Bonchev–Trinajstić information content (AvgIpc) is 2.36. The maximum Gasteiger partial charge on any atom is 0.141 e. The van der Waals surface area contributed by atoms with Gasteiger partial charge in [-0.25, -0.2) is 9.97 Å². The Morgan fingerprint density at radius 3 is 2.72 bits per heavy atom. The van der Waals surface area contributed by atoms with E-state index < -0.39 is 0 Å². The van der Waals surface area contributed by atoms with Gasteiger partial charge in [-0.15, -0.1) is 11.8 Å². The number of para-hydroxylation sites is 1. The first-order chi connectivity index (χ1) is 8.58. The van der Waals surface area contributed by atoms with Crippen LogP contribution in [0.15, 0.2) is 24.3 Å². The largest absolute Gasteiger partial charge is 0.392 e. The molecule has 2 aromatic rings. The van der Waals surface area contributed by atoms with E-state index in [-0.39, 0.29) is 11.4 Å². The fourth-order valence-electron chi connectivity index (χ4n) is 1.56. The van der Waals surface area contributed by atoms with Crippen molar-refractivity contribution in [2.24, 2.45) is 0 Å². The van der Waals surface area contributed by atoms with Gasteiger partial charge in [-0.3, -0.25) is 0 Å². The molecule has 1 aromatic heterocycles. The summed E-state index contributed by atoms with van der Waals surface area (Å²) in [4.78, 5) is 8.77. The van der Waals surface area contributed by atoms with Crippen LogP contribution >= 0.6 is 11.8 Å². The molecule has 0 fully saturated rings. The summed E-state index contributed by atoms with van der Waals surface area (Å²) in [6.07, 6.45) is -0.340. The van der Waals surface area contributed by atoms with Gasteiger partial charge in [0.25, 0.3) is 0 Å². The van der Waals surface area contributed by atoms with Crippen molar-refractivity contribution in [3.8, 4) is 0 Å². The third-order valence-corrected chi connectivity index (χ3v) is 4.18. The number of fused-ring (bicyclic) bond motifs is 1. The standard InChI is InChI=1S/C13H17N3OS/c1-8(17)9(2)18-7-12-15-11-6-4-3-5-10(11)13(14)16-12/h3-6,8-9,17H,7H2,1-2H3,(H2,14,15,16)/t8-,9+/m0/s1. The Morgan fingerprint density at radius 2 is 2.00 bits per heavy atom. The van der Waals surface area contributed by atoms with Crippen LogP contribution < -0.4 is 5.73 Å². The Bertz CT molecular complexity index is 545. The van der Waals surface area contributed by atoms with Gasteiger partial charge >= 0.3 is 0 Å². The van der Waals surface area contributed by atoms with Gasteiger partial charge < -0.3 is 10.8 Å². The second-order valence-corrected chi connectivity index (χ2v) is 5.66. The molecule has 0 aliphatic heterocycles. The summed E-state index contributed by atoms with van der Waals surface area (Å²) >= 11 is 1.62. The number of hydrogen-bond donors (Lipinski definition) is 2. The molecule has 18 heavy (non-hydrogen) atoms. The molecule has 0 amide bonds. The van der Waals surface area contributed by atoms with Crippen molar-refractivity contribution in [1.82, 2.24) is 9.97 Å². The van der Waals surface area contributed by atoms with Gasteiger partial charge in [0.05, 0.1) is 17.4 Å². The minimum Gasteiger partial charge on any atom is -0.392 e. The Balaban J connectivity index is 2.19. The van der Waals surface area contributed by atoms with E-state index in [9.17, 15) is 5.11 Å². The molecular weight excluding hydrogens is 246 g/mol. The molecule has 3 N–H and O–H groups in total. The number of aromatic nitrogens is 2. The predicted molar refractivity (Wildman–Crippen MR) is 76.4 cm³/mol. The van der Waals surface area contributed by atoms with E-state index in [0.717, 1.165) is 10.9 Å². The summed E-state index contributed by atoms with van der Waals surface area (Å²) in [6, 6.07) is 7.70. The summed E-state index contributed by atoms with van der Waals surface area (Å²) in [7, 11) is 0. The molecule has 0 saturated heterocycles. The molecule has 1 aromatic carbocycles. The molecule has 2 atom stereocenters. The summed E-state index contributed by atoms with van der Waals surface area (Å²) in [6.45, 7) is 3.77. The second kappa shape index (κ2) is 5.54. The van der Waals surface area contributed by atoms with Gasteiger partial charge in [-0.2, -0.15) is 0 Å². The first-order valence-electron chi connectivity index (χ1n) is 5.88. The summed E-state index contributed by atoms with van der Waals surface area (Å²) in [5, 5.41) is 10.5. The average molecular weight is 263 g/mol. The van der Waals surface area contributed by atoms with E-state index in [1.807, 2.05) is 31.2 Å². The number of nitrogens with two attached hydrogens (primary N) is 1. The van der Waals surface area contributed by atoms with E-state index in [2.05, 4.69) is 9.97 Å². The van der Waals surface area contributed by atoms with Gasteiger partial charge in [-0.1, -0.05) is 19.1 Å². The molecule has 0 unspecified atom stereocenters. The molecular formula is C13H17N3OS. The molecule has 2 rings (SSSR count). The lowest BCUT2D eigenvalue weighted by molar-refractivity contribution is 0.196. The SMILES string of the molecule is C[C@H](O)[C@@H](C)SCc1nc(N)c2ccccc2n1. The summed E-state index contributed by atoms with van der Waals surface area (Å²) < 4.78 is 0. The Labute approximate surface area is 111 Å². The highest BCUT2D eigenvalue weighted by molar-refractivity contribution is 7.99. The number of thioether (sulfide) groups is 1. The highest BCUT2D eigenvalue weighted by Gasteiger charge is 2.11. The zero-order chi connectivity index (χ0) is 13.1. The maximum atomic E-state index is 9.44. The van der Waals surface area contributed by atoms with Gasteiger partial charge in [-0.05, 0) is 19.1 Å². The molecule has 0 bridgehead atoms.